The van der Waals surface area contributed by atoms with Crippen LogP contribution in [0, 0.1) is 0 Å². The van der Waals surface area contributed by atoms with Gasteiger partial charge in [0.1, 0.15) is 24.4 Å². The summed E-state index contributed by atoms with van der Waals surface area (Å²) in [7, 11) is 0. The zero-order valence-electron chi connectivity index (χ0n) is 50.6. The zero-order valence-corrected chi connectivity index (χ0v) is 50.6. The number of hydrogen-bond donors (Lipinski definition) is 6. The average molecular weight is 1100 g/mol. The van der Waals surface area contributed by atoms with E-state index in [4.69, 9.17) is 9.47 Å². The number of hydrogen-bond acceptors (Lipinski definition) is 8. The number of ether oxygens (including phenoxy) is 2. The van der Waals surface area contributed by atoms with Gasteiger partial charge in [-0.15, -0.1) is 0 Å². The van der Waals surface area contributed by atoms with Crippen LogP contribution in [-0.4, -0.2) is 87.5 Å². The van der Waals surface area contributed by atoms with Gasteiger partial charge in [-0.25, -0.2) is 0 Å². The van der Waals surface area contributed by atoms with E-state index in [9.17, 15) is 30.3 Å². The third-order valence-corrected chi connectivity index (χ3v) is 14.8. The highest BCUT2D eigenvalue weighted by atomic mass is 16.7. The van der Waals surface area contributed by atoms with Crippen molar-refractivity contribution in [1.82, 2.24) is 5.32 Å². The summed E-state index contributed by atoms with van der Waals surface area (Å²) in [5, 5.41) is 54.6. The van der Waals surface area contributed by atoms with Crippen molar-refractivity contribution in [2.24, 2.45) is 0 Å². The molecule has 7 atom stereocenters. The molecule has 6 N–H and O–H groups in total. The van der Waals surface area contributed by atoms with Crippen molar-refractivity contribution in [2.75, 3.05) is 13.2 Å². The molecule has 0 radical (unpaired) electrons. The Balaban J connectivity index is 2.23. The minimum Gasteiger partial charge on any atom is -0.394 e. The lowest BCUT2D eigenvalue weighted by Gasteiger charge is -2.40. The van der Waals surface area contributed by atoms with E-state index in [1.165, 1.54) is 154 Å². The van der Waals surface area contributed by atoms with Crippen LogP contribution in [0.5, 0.6) is 0 Å². The third-order valence-electron chi connectivity index (χ3n) is 14.8. The van der Waals surface area contributed by atoms with Gasteiger partial charge in [-0.05, 0) is 96.3 Å². The Morgan fingerprint density at radius 1 is 0.443 bits per heavy atom. The lowest BCUT2D eigenvalue weighted by molar-refractivity contribution is -0.302. The van der Waals surface area contributed by atoms with Crippen LogP contribution in [0.3, 0.4) is 0 Å². The maximum atomic E-state index is 13.1. The van der Waals surface area contributed by atoms with E-state index in [0.717, 1.165) is 96.3 Å². The van der Waals surface area contributed by atoms with Gasteiger partial charge in [-0.1, -0.05) is 277 Å². The lowest BCUT2D eigenvalue weighted by atomic mass is 9.99. The van der Waals surface area contributed by atoms with Crippen molar-refractivity contribution >= 4 is 5.91 Å². The summed E-state index contributed by atoms with van der Waals surface area (Å²) in [5.74, 6) is -0.202. The SMILES string of the molecule is CC/C=C\C/C=C\C/C=C\C/C=C\C/C=C\C/C=C\CCCCCCCCCCC(=O)NC(COC1OC(CO)C(O)C(O)C1O)C(O)/C=C/CC/C=C/CC/C=C/CCCCCCCCCCCCCCCCCCCCC. The first-order valence-electron chi connectivity index (χ1n) is 32.6. The molecule has 0 aromatic rings. The van der Waals surface area contributed by atoms with Gasteiger partial charge in [-0.3, -0.25) is 4.79 Å². The second-order valence-electron chi connectivity index (χ2n) is 22.2. The Kier molecular flexibility index (Phi) is 54.3. The number of carbonyl (C=O) groups is 1. The first kappa shape index (κ1) is 73.9. The molecule has 1 fully saturated rings. The Labute approximate surface area is 485 Å². The van der Waals surface area contributed by atoms with Crippen LogP contribution in [0.15, 0.2) is 109 Å². The Morgan fingerprint density at radius 3 is 1.22 bits per heavy atom. The number of amides is 1. The molecule has 79 heavy (non-hydrogen) atoms. The molecular formula is C70H121NO8. The van der Waals surface area contributed by atoms with Gasteiger partial charge < -0.3 is 40.3 Å². The molecular weight excluding hydrogens is 983 g/mol. The van der Waals surface area contributed by atoms with Gasteiger partial charge in [0.15, 0.2) is 6.29 Å². The quantitative estimate of drug-likeness (QED) is 0.0261. The van der Waals surface area contributed by atoms with Gasteiger partial charge >= 0.3 is 0 Å². The third kappa shape index (κ3) is 47.1. The summed E-state index contributed by atoms with van der Waals surface area (Å²) < 4.78 is 11.3. The normalized spacial score (nSPS) is 19.3. The zero-order chi connectivity index (χ0) is 57.2. The number of nitrogens with one attached hydrogen (secondary N) is 1. The molecule has 1 aliphatic rings. The molecule has 0 bridgehead atoms. The van der Waals surface area contributed by atoms with Crippen LogP contribution in [0.25, 0.3) is 0 Å². The molecule has 9 nitrogen and oxygen atoms in total. The lowest BCUT2D eigenvalue weighted by Crippen LogP contribution is -2.60. The molecule has 0 aromatic heterocycles. The molecule has 0 aliphatic carbocycles. The minimum absolute atomic E-state index is 0.202. The smallest absolute Gasteiger partial charge is 0.220 e. The van der Waals surface area contributed by atoms with E-state index in [2.05, 4.69) is 116 Å². The number of aliphatic hydroxyl groups is 5. The van der Waals surface area contributed by atoms with Crippen LogP contribution in [0.1, 0.15) is 271 Å². The summed E-state index contributed by atoms with van der Waals surface area (Å²) in [6.45, 7) is 3.65. The average Bonchev–Trinajstić information content (AvgIpc) is 3.47. The molecule has 0 spiro atoms. The van der Waals surface area contributed by atoms with Gasteiger partial charge in [0, 0.05) is 6.42 Å². The molecule has 1 saturated heterocycles. The van der Waals surface area contributed by atoms with E-state index in [-0.39, 0.29) is 12.5 Å². The summed E-state index contributed by atoms with van der Waals surface area (Å²) >= 11 is 0. The number of aliphatic hydroxyl groups excluding tert-OH is 5. The van der Waals surface area contributed by atoms with Crippen molar-refractivity contribution in [1.29, 1.82) is 0 Å². The summed E-state index contributed by atoms with van der Waals surface area (Å²) in [4.78, 5) is 13.1. The first-order chi connectivity index (χ1) is 38.8. The largest absolute Gasteiger partial charge is 0.394 e. The van der Waals surface area contributed by atoms with Crippen molar-refractivity contribution in [3.8, 4) is 0 Å². The molecule has 1 aliphatic heterocycles. The van der Waals surface area contributed by atoms with Gasteiger partial charge in [0.2, 0.25) is 5.91 Å². The van der Waals surface area contributed by atoms with E-state index in [0.29, 0.717) is 6.42 Å². The maximum absolute atomic E-state index is 13.1. The van der Waals surface area contributed by atoms with Crippen molar-refractivity contribution in [2.45, 2.75) is 314 Å². The molecule has 1 rings (SSSR count). The van der Waals surface area contributed by atoms with Gasteiger partial charge in [0.25, 0.3) is 0 Å². The first-order valence-corrected chi connectivity index (χ1v) is 32.6. The van der Waals surface area contributed by atoms with Crippen LogP contribution in [0.2, 0.25) is 0 Å². The van der Waals surface area contributed by atoms with Crippen LogP contribution >= 0.6 is 0 Å². The Hall–Kier alpha value is -3.15. The van der Waals surface area contributed by atoms with Crippen molar-refractivity contribution in [3.05, 3.63) is 109 Å². The second-order valence-corrected chi connectivity index (χ2v) is 22.2. The highest BCUT2D eigenvalue weighted by molar-refractivity contribution is 5.76. The predicted molar refractivity (Wildman–Crippen MR) is 336 cm³/mol. The summed E-state index contributed by atoms with van der Waals surface area (Å²) in [6, 6.07) is -0.842. The van der Waals surface area contributed by atoms with Gasteiger partial charge in [0.05, 0.1) is 25.4 Å². The summed E-state index contributed by atoms with van der Waals surface area (Å²) in [6.07, 6.45) is 78.9. The van der Waals surface area contributed by atoms with Crippen LogP contribution in [0.4, 0.5) is 0 Å². The molecule has 0 aromatic carbocycles. The topological polar surface area (TPSA) is 149 Å². The monoisotopic (exact) mass is 1100 g/mol. The van der Waals surface area contributed by atoms with Gasteiger partial charge in [-0.2, -0.15) is 0 Å². The molecule has 1 heterocycles. The van der Waals surface area contributed by atoms with E-state index in [1.807, 2.05) is 6.08 Å². The van der Waals surface area contributed by atoms with E-state index in [1.54, 1.807) is 6.08 Å². The number of rotatable bonds is 55. The minimum atomic E-state index is -1.58. The number of allylic oxidation sites excluding steroid dienone is 17. The number of unbranched alkanes of at least 4 members (excludes halogenated alkanes) is 29. The highest BCUT2D eigenvalue weighted by Crippen LogP contribution is 2.23. The Bertz CT molecular complexity index is 1610. The summed E-state index contributed by atoms with van der Waals surface area (Å²) in [5.41, 5.74) is 0. The molecule has 454 valence electrons. The molecule has 9 heteroatoms. The Morgan fingerprint density at radius 2 is 0.797 bits per heavy atom. The van der Waals surface area contributed by atoms with E-state index >= 15 is 0 Å². The standard InChI is InChI=1S/C70H121NO8/c1-3-5-7-9-11-13-15-17-19-21-23-25-27-29-31-32-34-35-37-39-41-43-45-47-49-51-53-55-57-59-64(73)63(62-78-70-69(77)68(76)67(75)65(61-72)79-70)71-66(74)60-58-56-54-52-50-48-46-44-42-40-38-36-33-30-28-26-24-22-20-18-16-14-12-10-8-6-4-2/h6,8,12,14,18,20,24,26,30,33,38,40-41,43,49,51,57,59,63-65,67-70,72-73,75-77H,3-5,7,9-11,13,15-17,19,21-23,25,27-29,31-32,34-37,39,42,44-48,50,52-56,58,60-62H2,1-2H3,(H,71,74)/b8-6-,14-12-,20-18-,26-24-,33-30-,40-38-,43-41+,51-49+,59-57+. The van der Waals surface area contributed by atoms with Crippen LogP contribution < -0.4 is 5.32 Å². The van der Waals surface area contributed by atoms with Crippen molar-refractivity contribution in [3.63, 3.8) is 0 Å². The molecule has 1 amide bonds. The second kappa shape index (κ2) is 58.1. The number of carbonyl (C=O) groups excluding carboxylic acids is 1. The highest BCUT2D eigenvalue weighted by Gasteiger charge is 2.44. The maximum Gasteiger partial charge on any atom is 0.220 e. The van der Waals surface area contributed by atoms with Crippen molar-refractivity contribution < 1.29 is 39.8 Å². The fraction of sp³-hybridized carbons (Fsp3) is 0.729. The molecule has 0 saturated carbocycles. The fourth-order valence-electron chi connectivity index (χ4n) is 9.72. The molecule has 7 unspecified atom stereocenters. The van der Waals surface area contributed by atoms with E-state index < -0.39 is 49.5 Å². The fourth-order valence-corrected chi connectivity index (χ4v) is 9.72. The predicted octanol–water partition coefficient (Wildman–Crippen LogP) is 17.3. The van der Waals surface area contributed by atoms with Crippen LogP contribution in [-0.2, 0) is 14.3 Å².